The van der Waals surface area contributed by atoms with Crippen molar-refractivity contribution in [3.8, 4) is 0 Å². The maximum Gasteiger partial charge on any atom is 0.251 e. The molecule has 0 heterocycles. The zero-order valence-corrected chi connectivity index (χ0v) is 9.64. The molecule has 15 heavy (non-hydrogen) atoms. The lowest BCUT2D eigenvalue weighted by molar-refractivity contribution is 0.0953. The number of carbonyl (C=O) groups is 1. The number of amides is 1. The van der Waals surface area contributed by atoms with Crippen molar-refractivity contribution in [3.05, 3.63) is 35.4 Å². The summed E-state index contributed by atoms with van der Waals surface area (Å²) in [5, 5.41) is 2.82. The van der Waals surface area contributed by atoms with Crippen LogP contribution in [0.1, 0.15) is 29.3 Å². The minimum atomic E-state index is -0.0181. The first-order valence-electron chi connectivity index (χ1n) is 4.85. The summed E-state index contributed by atoms with van der Waals surface area (Å²) in [6, 6.07) is 7.35. The fraction of sp³-hybridized carbons (Fsp3) is 0.364. The molecular formula is C11H17ClN2O. The second-order valence-electron chi connectivity index (χ2n) is 3.16. The molecule has 0 bridgehead atoms. The number of hydrogen-bond acceptors (Lipinski definition) is 2. The van der Waals surface area contributed by atoms with E-state index in [2.05, 4.69) is 5.32 Å². The van der Waals surface area contributed by atoms with Gasteiger partial charge in [0.15, 0.2) is 0 Å². The van der Waals surface area contributed by atoms with E-state index in [1.54, 1.807) is 12.1 Å². The third-order valence-electron chi connectivity index (χ3n) is 1.99. The van der Waals surface area contributed by atoms with E-state index in [0.29, 0.717) is 12.1 Å². The average molecular weight is 229 g/mol. The normalized spacial score (nSPS) is 9.20. The number of halogens is 1. The van der Waals surface area contributed by atoms with E-state index in [0.717, 1.165) is 18.5 Å². The van der Waals surface area contributed by atoms with Crippen molar-refractivity contribution < 1.29 is 4.79 Å². The van der Waals surface area contributed by atoms with Crippen LogP contribution in [0, 0.1) is 0 Å². The lowest BCUT2D eigenvalue weighted by atomic mass is 10.1. The Kier molecular flexibility index (Phi) is 6.75. The Morgan fingerprint density at radius 1 is 1.33 bits per heavy atom. The van der Waals surface area contributed by atoms with Crippen LogP contribution in [0.3, 0.4) is 0 Å². The lowest BCUT2D eigenvalue weighted by Gasteiger charge is -2.03. The first-order chi connectivity index (χ1) is 6.77. The van der Waals surface area contributed by atoms with Gasteiger partial charge in [0.1, 0.15) is 0 Å². The molecule has 0 saturated carbocycles. The SMILES string of the molecule is CCCNC(=O)c1ccc(CN)cc1.Cl. The van der Waals surface area contributed by atoms with Gasteiger partial charge in [0.2, 0.25) is 0 Å². The Hall–Kier alpha value is -1.06. The summed E-state index contributed by atoms with van der Waals surface area (Å²) in [7, 11) is 0. The summed E-state index contributed by atoms with van der Waals surface area (Å²) in [5.41, 5.74) is 7.18. The molecule has 3 nitrogen and oxygen atoms in total. The van der Waals surface area contributed by atoms with Crippen LogP contribution in [-0.4, -0.2) is 12.5 Å². The smallest absolute Gasteiger partial charge is 0.251 e. The number of carbonyl (C=O) groups excluding carboxylic acids is 1. The molecule has 1 amide bonds. The van der Waals surface area contributed by atoms with Crippen LogP contribution >= 0.6 is 12.4 Å². The van der Waals surface area contributed by atoms with Gasteiger partial charge >= 0.3 is 0 Å². The Morgan fingerprint density at radius 2 is 1.93 bits per heavy atom. The highest BCUT2D eigenvalue weighted by molar-refractivity contribution is 5.94. The van der Waals surface area contributed by atoms with Crippen LogP contribution < -0.4 is 11.1 Å². The highest BCUT2D eigenvalue weighted by Crippen LogP contribution is 2.03. The van der Waals surface area contributed by atoms with Crippen LogP contribution in [0.15, 0.2) is 24.3 Å². The fourth-order valence-electron chi connectivity index (χ4n) is 1.13. The monoisotopic (exact) mass is 228 g/mol. The van der Waals surface area contributed by atoms with Crippen LogP contribution in [-0.2, 0) is 6.54 Å². The first-order valence-corrected chi connectivity index (χ1v) is 4.85. The lowest BCUT2D eigenvalue weighted by Crippen LogP contribution is -2.23. The van der Waals surface area contributed by atoms with Crippen LogP contribution in [0.4, 0.5) is 0 Å². The highest BCUT2D eigenvalue weighted by Gasteiger charge is 2.02. The molecule has 0 unspecified atom stereocenters. The van der Waals surface area contributed by atoms with Crippen molar-refractivity contribution in [1.29, 1.82) is 0 Å². The standard InChI is InChI=1S/C11H16N2O.ClH/c1-2-7-13-11(14)10-5-3-9(8-12)4-6-10;/h3-6H,2,7-8,12H2,1H3,(H,13,14);1H. The van der Waals surface area contributed by atoms with Gasteiger partial charge in [-0.2, -0.15) is 0 Å². The summed E-state index contributed by atoms with van der Waals surface area (Å²) in [5.74, 6) is -0.0181. The molecule has 0 saturated heterocycles. The number of nitrogens with two attached hydrogens (primary N) is 1. The van der Waals surface area contributed by atoms with E-state index in [-0.39, 0.29) is 18.3 Å². The van der Waals surface area contributed by atoms with Crippen molar-refractivity contribution >= 4 is 18.3 Å². The summed E-state index contributed by atoms with van der Waals surface area (Å²) in [4.78, 5) is 11.5. The van der Waals surface area contributed by atoms with E-state index in [1.165, 1.54) is 0 Å². The predicted molar refractivity (Wildman–Crippen MR) is 64.2 cm³/mol. The van der Waals surface area contributed by atoms with Gasteiger partial charge < -0.3 is 11.1 Å². The van der Waals surface area contributed by atoms with Crippen LogP contribution in [0.2, 0.25) is 0 Å². The zero-order chi connectivity index (χ0) is 10.4. The summed E-state index contributed by atoms with van der Waals surface area (Å²) in [6.07, 6.45) is 0.951. The van der Waals surface area contributed by atoms with Gasteiger partial charge in [-0.05, 0) is 24.1 Å². The number of benzene rings is 1. The van der Waals surface area contributed by atoms with Crippen LogP contribution in [0.25, 0.3) is 0 Å². The molecule has 0 radical (unpaired) electrons. The molecule has 4 heteroatoms. The van der Waals surface area contributed by atoms with Crippen molar-refractivity contribution in [3.63, 3.8) is 0 Å². The molecule has 1 aromatic carbocycles. The molecule has 0 aliphatic heterocycles. The topological polar surface area (TPSA) is 55.1 Å². The van der Waals surface area contributed by atoms with Crippen molar-refractivity contribution in [2.75, 3.05) is 6.54 Å². The van der Waals surface area contributed by atoms with Crippen LogP contribution in [0.5, 0.6) is 0 Å². The molecule has 3 N–H and O–H groups in total. The van der Waals surface area contributed by atoms with Gasteiger partial charge in [0.25, 0.3) is 5.91 Å². The summed E-state index contributed by atoms with van der Waals surface area (Å²) in [6.45, 7) is 3.26. The highest BCUT2D eigenvalue weighted by atomic mass is 35.5. The molecule has 1 rings (SSSR count). The van der Waals surface area contributed by atoms with E-state index in [9.17, 15) is 4.79 Å². The maximum atomic E-state index is 11.5. The van der Waals surface area contributed by atoms with E-state index < -0.39 is 0 Å². The van der Waals surface area contributed by atoms with E-state index in [1.807, 2.05) is 19.1 Å². The number of hydrogen-bond donors (Lipinski definition) is 2. The Morgan fingerprint density at radius 3 is 2.40 bits per heavy atom. The quantitative estimate of drug-likeness (QED) is 0.825. The van der Waals surface area contributed by atoms with Gasteiger partial charge in [-0.15, -0.1) is 12.4 Å². The average Bonchev–Trinajstić information content (AvgIpc) is 2.26. The predicted octanol–water partition coefficient (Wildman–Crippen LogP) is 1.71. The van der Waals surface area contributed by atoms with E-state index >= 15 is 0 Å². The minimum absolute atomic E-state index is 0. The Labute approximate surface area is 96.5 Å². The van der Waals surface area contributed by atoms with Gasteiger partial charge in [0.05, 0.1) is 0 Å². The van der Waals surface area contributed by atoms with Gasteiger partial charge in [-0.3, -0.25) is 4.79 Å². The largest absolute Gasteiger partial charge is 0.352 e. The molecule has 0 atom stereocenters. The van der Waals surface area contributed by atoms with Gasteiger partial charge in [-0.1, -0.05) is 19.1 Å². The maximum absolute atomic E-state index is 11.5. The second-order valence-corrected chi connectivity index (χ2v) is 3.16. The van der Waals surface area contributed by atoms with Crippen molar-refractivity contribution in [1.82, 2.24) is 5.32 Å². The molecule has 0 aliphatic carbocycles. The minimum Gasteiger partial charge on any atom is -0.352 e. The molecule has 0 aromatic heterocycles. The summed E-state index contributed by atoms with van der Waals surface area (Å²) >= 11 is 0. The molecule has 0 fully saturated rings. The zero-order valence-electron chi connectivity index (χ0n) is 8.82. The van der Waals surface area contributed by atoms with E-state index in [4.69, 9.17) is 5.73 Å². The first kappa shape index (κ1) is 13.9. The van der Waals surface area contributed by atoms with Crippen molar-refractivity contribution in [2.24, 2.45) is 5.73 Å². The molecule has 84 valence electrons. The number of rotatable bonds is 4. The third-order valence-corrected chi connectivity index (χ3v) is 1.99. The molecule has 1 aromatic rings. The van der Waals surface area contributed by atoms with Gasteiger partial charge in [-0.25, -0.2) is 0 Å². The Balaban J connectivity index is 0.00000196. The third kappa shape index (κ3) is 4.32. The van der Waals surface area contributed by atoms with Crippen molar-refractivity contribution in [2.45, 2.75) is 19.9 Å². The molecular weight excluding hydrogens is 212 g/mol. The van der Waals surface area contributed by atoms with Gasteiger partial charge in [0, 0.05) is 18.7 Å². The summed E-state index contributed by atoms with van der Waals surface area (Å²) < 4.78 is 0. The Bertz CT molecular complexity index is 298. The molecule has 0 spiro atoms. The molecule has 0 aliphatic rings. The fourth-order valence-corrected chi connectivity index (χ4v) is 1.13. The second kappa shape index (κ2) is 7.26. The number of nitrogens with one attached hydrogen (secondary N) is 1.